The number of fused-ring (bicyclic) bond motifs is 1. The van der Waals surface area contributed by atoms with Gasteiger partial charge < -0.3 is 31.6 Å². The number of aliphatic hydroxyl groups excluding tert-OH is 2. The number of carboxylic acid groups (broad SMARTS) is 1. The molecule has 0 radical (unpaired) electrons. The Morgan fingerprint density at radius 3 is 2.43 bits per heavy atom. The number of allylic oxidation sites excluding steroid dienone is 1. The van der Waals surface area contributed by atoms with Crippen LogP contribution in [-0.2, 0) is 11.3 Å². The molecule has 6 heteroatoms. The SMILES string of the molecule is C=C1CCC2[C@@H](CNCc3ccccc3)C([C@@]3(C)CC[C@H](O)C[C@@H]3CO)CC[C@@]12C.CC(=O)[O-].[NH4+]. The zero-order valence-corrected chi connectivity index (χ0v) is 22.3. The van der Waals surface area contributed by atoms with Crippen LogP contribution in [0.2, 0.25) is 0 Å². The third kappa shape index (κ3) is 6.53. The molecule has 7 N–H and O–H groups in total. The van der Waals surface area contributed by atoms with E-state index in [-0.39, 0.29) is 35.6 Å². The predicted octanol–water partition coefficient (Wildman–Crippen LogP) is 4.07. The summed E-state index contributed by atoms with van der Waals surface area (Å²) >= 11 is 0. The fraction of sp³-hybridized carbons (Fsp3) is 0.690. The normalized spacial score (nSPS) is 36.4. The lowest BCUT2D eigenvalue weighted by Crippen LogP contribution is -2.53. The Bertz CT molecular complexity index is 827. The second-order valence-corrected chi connectivity index (χ2v) is 11.4. The maximum Gasteiger partial charge on any atom is 0.0544 e. The molecule has 0 aromatic heterocycles. The second kappa shape index (κ2) is 12.5. The fourth-order valence-electron chi connectivity index (χ4n) is 7.45. The van der Waals surface area contributed by atoms with Crippen LogP contribution in [0.1, 0.15) is 71.3 Å². The molecule has 2 unspecified atom stereocenters. The first kappa shape index (κ1) is 29.5. The molecule has 0 saturated heterocycles. The molecule has 0 heterocycles. The number of benzene rings is 1. The van der Waals surface area contributed by atoms with Crippen molar-refractivity contribution < 1.29 is 20.1 Å². The lowest BCUT2D eigenvalue weighted by molar-refractivity contribution is -0.302. The monoisotopic (exact) mass is 488 g/mol. The summed E-state index contributed by atoms with van der Waals surface area (Å²) in [5, 5.41) is 33.2. The third-order valence-corrected chi connectivity index (χ3v) is 9.52. The summed E-state index contributed by atoms with van der Waals surface area (Å²) in [5.74, 6) is 0.988. The van der Waals surface area contributed by atoms with E-state index >= 15 is 0 Å². The minimum atomic E-state index is -1.08. The molecule has 3 aliphatic rings. The van der Waals surface area contributed by atoms with Gasteiger partial charge in [-0.25, -0.2) is 0 Å². The van der Waals surface area contributed by atoms with Gasteiger partial charge in [0.2, 0.25) is 0 Å². The van der Waals surface area contributed by atoms with E-state index in [2.05, 4.69) is 56.1 Å². The van der Waals surface area contributed by atoms with E-state index < -0.39 is 5.97 Å². The van der Waals surface area contributed by atoms with Gasteiger partial charge in [0.25, 0.3) is 0 Å². The van der Waals surface area contributed by atoms with Gasteiger partial charge in [-0.3, -0.25) is 0 Å². The van der Waals surface area contributed by atoms with Gasteiger partial charge >= 0.3 is 0 Å². The molecule has 3 aliphatic carbocycles. The number of hydrogen-bond acceptors (Lipinski definition) is 5. The Balaban J connectivity index is 0.000000804. The van der Waals surface area contributed by atoms with Crippen molar-refractivity contribution in [1.29, 1.82) is 0 Å². The molecular formula is C29H48N2O4. The zero-order chi connectivity index (χ0) is 24.9. The number of carbonyl (C=O) groups is 1. The summed E-state index contributed by atoms with van der Waals surface area (Å²) < 4.78 is 0. The van der Waals surface area contributed by atoms with Crippen LogP contribution in [0.25, 0.3) is 0 Å². The number of hydrogen-bond donors (Lipinski definition) is 4. The number of carbonyl (C=O) groups excluding carboxylic acids is 1. The van der Waals surface area contributed by atoms with Crippen molar-refractivity contribution >= 4 is 5.97 Å². The summed E-state index contributed by atoms with van der Waals surface area (Å²) in [5.41, 5.74) is 3.18. The van der Waals surface area contributed by atoms with Crippen LogP contribution in [0.4, 0.5) is 0 Å². The molecule has 198 valence electrons. The predicted molar refractivity (Wildman–Crippen MR) is 140 cm³/mol. The van der Waals surface area contributed by atoms with Gasteiger partial charge in [0.15, 0.2) is 0 Å². The number of carboxylic acids is 1. The fourth-order valence-corrected chi connectivity index (χ4v) is 7.45. The Labute approximate surface area is 211 Å². The topological polar surface area (TPSA) is 129 Å². The smallest absolute Gasteiger partial charge is 0.0544 e. The Kier molecular flexibility index (Phi) is 10.5. The van der Waals surface area contributed by atoms with E-state index in [1.807, 2.05) is 0 Å². The molecule has 7 atom stereocenters. The number of quaternary nitrogens is 1. The zero-order valence-electron chi connectivity index (χ0n) is 22.3. The van der Waals surface area contributed by atoms with Gasteiger partial charge in [-0.05, 0) is 98.5 Å². The molecule has 1 aromatic carbocycles. The summed E-state index contributed by atoms with van der Waals surface area (Å²) in [6.07, 6.45) is 7.28. The highest BCUT2D eigenvalue weighted by atomic mass is 16.4. The number of rotatable bonds is 6. The van der Waals surface area contributed by atoms with Gasteiger partial charge in [0.1, 0.15) is 0 Å². The van der Waals surface area contributed by atoms with Crippen LogP contribution in [0.3, 0.4) is 0 Å². The third-order valence-electron chi connectivity index (χ3n) is 9.52. The molecule has 35 heavy (non-hydrogen) atoms. The molecule has 6 nitrogen and oxygen atoms in total. The van der Waals surface area contributed by atoms with Gasteiger partial charge in [0, 0.05) is 19.1 Å². The van der Waals surface area contributed by atoms with Gasteiger partial charge in [-0.2, -0.15) is 0 Å². The molecule has 0 aliphatic heterocycles. The van der Waals surface area contributed by atoms with Crippen LogP contribution in [0, 0.1) is 34.5 Å². The maximum atomic E-state index is 10.3. The molecule has 0 amide bonds. The van der Waals surface area contributed by atoms with Crippen LogP contribution < -0.4 is 16.6 Å². The summed E-state index contributed by atoms with van der Waals surface area (Å²) in [6.45, 7) is 12.5. The number of nitrogens with one attached hydrogen (secondary N) is 1. The van der Waals surface area contributed by atoms with Crippen LogP contribution >= 0.6 is 0 Å². The van der Waals surface area contributed by atoms with E-state index in [9.17, 15) is 10.2 Å². The van der Waals surface area contributed by atoms with E-state index in [1.54, 1.807) is 0 Å². The Morgan fingerprint density at radius 2 is 1.80 bits per heavy atom. The van der Waals surface area contributed by atoms with E-state index in [0.717, 1.165) is 39.3 Å². The van der Waals surface area contributed by atoms with Crippen molar-refractivity contribution in [3.63, 3.8) is 0 Å². The number of aliphatic carboxylic acids is 1. The first-order valence-electron chi connectivity index (χ1n) is 13.0. The molecule has 0 bridgehead atoms. The average Bonchev–Trinajstić information content (AvgIpc) is 3.10. The highest BCUT2D eigenvalue weighted by Gasteiger charge is 2.56. The molecule has 4 rings (SSSR count). The van der Waals surface area contributed by atoms with E-state index in [0.29, 0.717) is 17.8 Å². The highest BCUT2D eigenvalue weighted by molar-refractivity contribution is 5.60. The first-order chi connectivity index (χ1) is 16.1. The van der Waals surface area contributed by atoms with Crippen molar-refractivity contribution in [2.24, 2.45) is 34.5 Å². The summed E-state index contributed by atoms with van der Waals surface area (Å²) in [7, 11) is 0. The number of aliphatic hydroxyl groups is 2. The molecule has 3 saturated carbocycles. The van der Waals surface area contributed by atoms with Crippen LogP contribution in [0.5, 0.6) is 0 Å². The Morgan fingerprint density at radius 1 is 1.14 bits per heavy atom. The summed E-state index contributed by atoms with van der Waals surface area (Å²) in [6, 6.07) is 10.7. The quantitative estimate of drug-likeness (QED) is 0.449. The van der Waals surface area contributed by atoms with Crippen molar-refractivity contribution in [2.45, 2.75) is 78.4 Å². The highest BCUT2D eigenvalue weighted by Crippen LogP contribution is 2.63. The van der Waals surface area contributed by atoms with Crippen LogP contribution in [-0.4, -0.2) is 35.4 Å². The molecule has 1 aromatic rings. The van der Waals surface area contributed by atoms with Crippen molar-refractivity contribution in [2.75, 3.05) is 13.2 Å². The largest absolute Gasteiger partial charge is 0.550 e. The summed E-state index contributed by atoms with van der Waals surface area (Å²) in [4.78, 5) is 8.89. The first-order valence-corrected chi connectivity index (χ1v) is 13.0. The standard InChI is InChI=1S/C27H41NO2.C2H4O2.H3N/c1-19-9-10-24-23(17-28-16-20-7-5-4-6-8-20)25(12-14-26(19,24)2)27(3)13-11-22(30)15-21(27)18-29;1-2(3)4;/h4-8,21-25,28-30H,1,9-18H2,2-3H3;1H3,(H,3,4);1H3/t21-,22+,23-,24?,25?,26+,27+;;/m1../s1. The lowest BCUT2D eigenvalue weighted by Gasteiger charge is -2.56. The van der Waals surface area contributed by atoms with Gasteiger partial charge in [0.05, 0.1) is 6.10 Å². The van der Waals surface area contributed by atoms with Crippen molar-refractivity contribution in [1.82, 2.24) is 11.5 Å². The Hall–Kier alpha value is -1.73. The molecule has 0 spiro atoms. The molecular weight excluding hydrogens is 440 g/mol. The maximum absolute atomic E-state index is 10.3. The van der Waals surface area contributed by atoms with Crippen molar-refractivity contribution in [3.8, 4) is 0 Å². The van der Waals surface area contributed by atoms with Crippen LogP contribution in [0.15, 0.2) is 42.5 Å². The average molecular weight is 489 g/mol. The lowest BCUT2D eigenvalue weighted by atomic mass is 9.49. The second-order valence-electron chi connectivity index (χ2n) is 11.4. The van der Waals surface area contributed by atoms with Crippen molar-refractivity contribution in [3.05, 3.63) is 48.0 Å². The van der Waals surface area contributed by atoms with E-state index in [4.69, 9.17) is 9.90 Å². The van der Waals surface area contributed by atoms with Gasteiger partial charge in [-0.1, -0.05) is 56.3 Å². The minimum absolute atomic E-state index is 0. The van der Waals surface area contributed by atoms with Gasteiger partial charge in [-0.15, -0.1) is 0 Å². The minimum Gasteiger partial charge on any atom is -0.550 e. The molecule has 3 fully saturated rings. The van der Waals surface area contributed by atoms with E-state index in [1.165, 1.54) is 36.8 Å².